The number of rotatable bonds is 6. The van der Waals surface area contributed by atoms with E-state index >= 15 is 0 Å². The molecule has 0 aliphatic carbocycles. The van der Waals surface area contributed by atoms with Gasteiger partial charge in [-0.3, -0.25) is 4.79 Å². The van der Waals surface area contributed by atoms with Crippen molar-refractivity contribution in [2.75, 3.05) is 33.4 Å². The molecule has 1 aromatic heterocycles. The van der Waals surface area contributed by atoms with Crippen molar-refractivity contribution in [2.45, 2.75) is 18.9 Å². The summed E-state index contributed by atoms with van der Waals surface area (Å²) in [6, 6.07) is 10.0. The number of nitrogens with one attached hydrogen (secondary N) is 1. The van der Waals surface area contributed by atoms with Crippen LogP contribution in [-0.2, 0) is 4.79 Å². The van der Waals surface area contributed by atoms with Gasteiger partial charge in [0.25, 0.3) is 5.91 Å². The van der Waals surface area contributed by atoms with E-state index in [1.807, 2.05) is 0 Å². The smallest absolute Gasteiger partial charge is 0.343 e. The molecule has 2 atom stereocenters. The van der Waals surface area contributed by atoms with Crippen LogP contribution in [0.1, 0.15) is 22.8 Å². The Labute approximate surface area is 200 Å². The van der Waals surface area contributed by atoms with Crippen LogP contribution >= 0.6 is 0 Å². The van der Waals surface area contributed by atoms with Crippen molar-refractivity contribution in [1.82, 2.24) is 0 Å². The largest absolute Gasteiger partial charge is 0.493 e. The maximum Gasteiger partial charge on any atom is 0.343 e. The Kier molecular flexibility index (Phi) is 5.64. The molecule has 10 nitrogen and oxygen atoms in total. The standard InChI is InChI=1S/C25H23NO9/c1-12-7-17-21(25(28)34-12)20(13-8-18(29-2)22(31-4)19(9-13)30-3)23(35-17)24(27)26-14-5-6-15-16(10-14)33-11-32-15/h5-10,20,23H,11H2,1-4H3,(H,26,27)/t20-,23-/m0/s1. The topological polar surface area (TPSA) is 115 Å². The summed E-state index contributed by atoms with van der Waals surface area (Å²) in [6.45, 7) is 1.76. The van der Waals surface area contributed by atoms with Crippen molar-refractivity contribution in [3.8, 4) is 34.5 Å². The number of benzene rings is 2. The van der Waals surface area contributed by atoms with Crippen molar-refractivity contribution in [3.05, 3.63) is 63.7 Å². The Hall–Kier alpha value is -4.34. The molecule has 0 radical (unpaired) electrons. The van der Waals surface area contributed by atoms with Gasteiger partial charge in [-0.2, -0.15) is 0 Å². The molecular weight excluding hydrogens is 458 g/mol. The van der Waals surface area contributed by atoms with E-state index in [4.69, 9.17) is 32.8 Å². The first-order valence-electron chi connectivity index (χ1n) is 10.7. The molecular formula is C25H23NO9. The molecule has 2 aromatic carbocycles. The Morgan fingerprint density at radius 1 is 0.943 bits per heavy atom. The van der Waals surface area contributed by atoms with Gasteiger partial charge in [-0.05, 0) is 36.8 Å². The molecule has 1 N–H and O–H groups in total. The molecule has 0 bridgehead atoms. The predicted molar refractivity (Wildman–Crippen MR) is 123 cm³/mol. The van der Waals surface area contributed by atoms with E-state index in [-0.39, 0.29) is 18.1 Å². The third kappa shape index (κ3) is 3.86. The molecule has 3 aromatic rings. The molecule has 0 fully saturated rings. The van der Waals surface area contributed by atoms with E-state index in [9.17, 15) is 9.59 Å². The molecule has 10 heteroatoms. The number of hydrogen-bond acceptors (Lipinski definition) is 9. The van der Waals surface area contributed by atoms with E-state index in [0.717, 1.165) is 0 Å². The highest BCUT2D eigenvalue weighted by atomic mass is 16.7. The Morgan fingerprint density at radius 2 is 1.66 bits per heavy atom. The zero-order valence-corrected chi connectivity index (χ0v) is 19.5. The van der Waals surface area contributed by atoms with Gasteiger partial charge in [-0.15, -0.1) is 0 Å². The van der Waals surface area contributed by atoms with Gasteiger partial charge in [0.15, 0.2) is 29.1 Å². The number of aryl methyl sites for hydroxylation is 1. The molecule has 182 valence electrons. The third-order valence-electron chi connectivity index (χ3n) is 5.89. The maximum atomic E-state index is 13.5. The second kappa shape index (κ2) is 8.79. The number of hydrogen-bond donors (Lipinski definition) is 1. The Morgan fingerprint density at radius 3 is 2.34 bits per heavy atom. The van der Waals surface area contributed by atoms with Gasteiger partial charge < -0.3 is 38.2 Å². The van der Waals surface area contributed by atoms with Gasteiger partial charge >= 0.3 is 5.63 Å². The summed E-state index contributed by atoms with van der Waals surface area (Å²) < 4.78 is 38.4. The van der Waals surface area contributed by atoms with Crippen molar-refractivity contribution in [2.24, 2.45) is 0 Å². The highest BCUT2D eigenvalue weighted by molar-refractivity contribution is 5.96. The molecule has 0 saturated carbocycles. The highest BCUT2D eigenvalue weighted by Crippen LogP contribution is 2.46. The fourth-order valence-electron chi connectivity index (χ4n) is 4.34. The van der Waals surface area contributed by atoms with Gasteiger partial charge in [-0.25, -0.2) is 4.79 Å². The Bertz CT molecular complexity index is 1340. The third-order valence-corrected chi connectivity index (χ3v) is 5.89. The zero-order chi connectivity index (χ0) is 24.7. The van der Waals surface area contributed by atoms with Crippen molar-refractivity contribution in [3.63, 3.8) is 0 Å². The number of carbonyl (C=O) groups excluding carboxylic acids is 1. The number of anilines is 1. The molecule has 0 spiro atoms. The lowest BCUT2D eigenvalue weighted by Crippen LogP contribution is -2.35. The second-order valence-electron chi connectivity index (χ2n) is 7.95. The van der Waals surface area contributed by atoms with E-state index in [0.29, 0.717) is 45.8 Å². The van der Waals surface area contributed by atoms with Gasteiger partial charge in [0.2, 0.25) is 12.5 Å². The van der Waals surface area contributed by atoms with Gasteiger partial charge in [-0.1, -0.05) is 0 Å². The lowest BCUT2D eigenvalue weighted by Gasteiger charge is -2.21. The van der Waals surface area contributed by atoms with E-state index in [1.165, 1.54) is 21.3 Å². The fourth-order valence-corrected chi connectivity index (χ4v) is 4.34. The van der Waals surface area contributed by atoms with Crippen LogP contribution in [0.15, 0.2) is 45.6 Å². The minimum atomic E-state index is -1.08. The molecule has 3 heterocycles. The van der Waals surface area contributed by atoms with E-state index in [1.54, 1.807) is 43.3 Å². The highest BCUT2D eigenvalue weighted by Gasteiger charge is 2.44. The van der Waals surface area contributed by atoms with Crippen molar-refractivity contribution in [1.29, 1.82) is 0 Å². The predicted octanol–water partition coefficient (Wildman–Crippen LogP) is 3.23. The average Bonchev–Trinajstić information content (AvgIpc) is 3.47. The summed E-state index contributed by atoms with van der Waals surface area (Å²) >= 11 is 0. The molecule has 0 unspecified atom stereocenters. The van der Waals surface area contributed by atoms with Crippen molar-refractivity contribution >= 4 is 11.6 Å². The summed E-state index contributed by atoms with van der Waals surface area (Å²) in [7, 11) is 4.47. The van der Waals surface area contributed by atoms with Crippen LogP contribution in [0.5, 0.6) is 34.5 Å². The monoisotopic (exact) mass is 481 g/mol. The summed E-state index contributed by atoms with van der Waals surface area (Å²) in [5, 5.41) is 2.84. The number of ether oxygens (including phenoxy) is 6. The number of methoxy groups -OCH3 is 3. The van der Waals surface area contributed by atoms with Gasteiger partial charge in [0.05, 0.1) is 32.8 Å². The van der Waals surface area contributed by atoms with E-state index < -0.39 is 23.6 Å². The SMILES string of the molecule is COc1cc([C@H]2c3c(cc(C)oc3=O)O[C@@H]2C(=O)Nc2ccc3c(c2)OCO3)cc(OC)c1OC. The van der Waals surface area contributed by atoms with Crippen LogP contribution < -0.4 is 39.4 Å². The first-order chi connectivity index (χ1) is 16.9. The summed E-state index contributed by atoms with van der Waals surface area (Å²) in [6.07, 6.45) is -1.08. The zero-order valence-electron chi connectivity index (χ0n) is 19.5. The first-order valence-corrected chi connectivity index (χ1v) is 10.7. The molecule has 0 saturated heterocycles. The molecule has 2 aliphatic heterocycles. The minimum Gasteiger partial charge on any atom is -0.493 e. The minimum absolute atomic E-state index is 0.117. The van der Waals surface area contributed by atoms with Gasteiger partial charge in [0.1, 0.15) is 11.5 Å². The van der Waals surface area contributed by atoms with Crippen LogP contribution in [0.4, 0.5) is 5.69 Å². The fraction of sp³-hybridized carbons (Fsp3) is 0.280. The number of carbonyl (C=O) groups is 1. The molecule has 35 heavy (non-hydrogen) atoms. The van der Waals surface area contributed by atoms with E-state index in [2.05, 4.69) is 5.32 Å². The van der Waals surface area contributed by atoms with Crippen LogP contribution in [-0.4, -0.2) is 40.1 Å². The normalized spacial score (nSPS) is 17.4. The summed E-state index contributed by atoms with van der Waals surface area (Å²) in [5.41, 5.74) is 0.693. The van der Waals surface area contributed by atoms with Crippen LogP contribution in [0.25, 0.3) is 0 Å². The average molecular weight is 481 g/mol. The second-order valence-corrected chi connectivity index (χ2v) is 7.95. The summed E-state index contributed by atoms with van der Waals surface area (Å²) in [5.74, 6) is 1.64. The molecule has 5 rings (SSSR count). The van der Waals surface area contributed by atoms with Crippen LogP contribution in [0, 0.1) is 6.92 Å². The Balaban J connectivity index is 1.58. The first kappa shape index (κ1) is 22.5. The van der Waals surface area contributed by atoms with Crippen LogP contribution in [0.2, 0.25) is 0 Å². The number of fused-ring (bicyclic) bond motifs is 2. The molecule has 2 aliphatic rings. The maximum absolute atomic E-state index is 13.5. The van der Waals surface area contributed by atoms with Crippen molar-refractivity contribution < 1.29 is 37.6 Å². The summed E-state index contributed by atoms with van der Waals surface area (Å²) in [4.78, 5) is 26.4. The van der Waals surface area contributed by atoms with Crippen LogP contribution in [0.3, 0.4) is 0 Å². The quantitative estimate of drug-likeness (QED) is 0.567. The number of amides is 1. The van der Waals surface area contributed by atoms with Gasteiger partial charge in [0, 0.05) is 17.8 Å². The lowest BCUT2D eigenvalue weighted by molar-refractivity contribution is -0.122. The lowest BCUT2D eigenvalue weighted by atomic mass is 9.88. The molecule has 1 amide bonds.